The van der Waals surface area contributed by atoms with E-state index in [1.165, 1.54) is 0 Å². The Bertz CT molecular complexity index is 274. The molecule has 0 saturated heterocycles. The van der Waals surface area contributed by atoms with Gasteiger partial charge in [-0.1, -0.05) is 25.1 Å². The SMILES string of the molecule is CCC(O)C(O)(O)Nc1ccccc1. The molecule has 0 aliphatic rings. The molecule has 14 heavy (non-hydrogen) atoms. The van der Waals surface area contributed by atoms with E-state index in [0.29, 0.717) is 5.69 Å². The highest BCUT2D eigenvalue weighted by molar-refractivity contribution is 5.43. The van der Waals surface area contributed by atoms with Crippen molar-refractivity contribution >= 4 is 5.69 Å². The second-order valence-corrected chi connectivity index (χ2v) is 3.14. The number of aliphatic hydroxyl groups excluding tert-OH is 1. The molecular formula is C10H15NO3. The molecule has 0 amide bonds. The lowest BCUT2D eigenvalue weighted by Crippen LogP contribution is -2.48. The molecule has 0 radical (unpaired) electrons. The number of anilines is 1. The number of rotatable bonds is 4. The Labute approximate surface area is 82.8 Å². The van der Waals surface area contributed by atoms with Gasteiger partial charge in [-0.25, -0.2) is 0 Å². The van der Waals surface area contributed by atoms with Crippen LogP contribution in [0, 0.1) is 0 Å². The largest absolute Gasteiger partial charge is 0.385 e. The fourth-order valence-corrected chi connectivity index (χ4v) is 1.10. The number of nitrogens with one attached hydrogen (secondary N) is 1. The summed E-state index contributed by atoms with van der Waals surface area (Å²) in [6.07, 6.45) is -0.963. The Hall–Kier alpha value is -1.10. The van der Waals surface area contributed by atoms with Gasteiger partial charge >= 0.3 is 0 Å². The standard InChI is InChI=1S/C10H15NO3/c1-2-9(12)10(13,14)11-8-6-4-3-5-7-8/h3-7,9,11-14H,2H2,1H3. The molecule has 0 aliphatic heterocycles. The Kier molecular flexibility index (Phi) is 3.46. The number of para-hydroxylation sites is 1. The summed E-state index contributed by atoms with van der Waals surface area (Å²) in [6.45, 7) is 1.67. The molecule has 1 aromatic rings. The highest BCUT2D eigenvalue weighted by atomic mass is 16.5. The summed E-state index contributed by atoms with van der Waals surface area (Å²) in [6, 6.07) is 8.71. The third-order valence-electron chi connectivity index (χ3n) is 1.95. The second-order valence-electron chi connectivity index (χ2n) is 3.14. The molecule has 1 unspecified atom stereocenters. The highest BCUT2D eigenvalue weighted by Crippen LogP contribution is 2.15. The van der Waals surface area contributed by atoms with Gasteiger partial charge in [-0.05, 0) is 18.6 Å². The average Bonchev–Trinajstić information content (AvgIpc) is 2.17. The van der Waals surface area contributed by atoms with Gasteiger partial charge in [0, 0.05) is 5.69 Å². The van der Waals surface area contributed by atoms with Gasteiger partial charge in [0.05, 0.1) is 0 Å². The van der Waals surface area contributed by atoms with E-state index in [2.05, 4.69) is 5.32 Å². The zero-order valence-corrected chi connectivity index (χ0v) is 8.01. The van der Waals surface area contributed by atoms with Crippen LogP contribution in [0.15, 0.2) is 30.3 Å². The van der Waals surface area contributed by atoms with Crippen molar-refractivity contribution < 1.29 is 15.3 Å². The third kappa shape index (κ3) is 2.70. The highest BCUT2D eigenvalue weighted by Gasteiger charge is 2.31. The maximum absolute atomic E-state index is 9.43. The summed E-state index contributed by atoms with van der Waals surface area (Å²) in [5, 5.41) is 30.6. The van der Waals surface area contributed by atoms with Crippen LogP contribution < -0.4 is 5.32 Å². The first-order chi connectivity index (χ1) is 6.56. The van der Waals surface area contributed by atoms with E-state index in [1.807, 2.05) is 6.07 Å². The first-order valence-electron chi connectivity index (χ1n) is 4.52. The van der Waals surface area contributed by atoms with Crippen molar-refractivity contribution in [2.75, 3.05) is 5.32 Å². The van der Waals surface area contributed by atoms with Gasteiger partial charge in [-0.2, -0.15) is 0 Å². The maximum Gasteiger partial charge on any atom is 0.271 e. The maximum atomic E-state index is 9.43. The average molecular weight is 197 g/mol. The molecule has 4 heteroatoms. The molecule has 0 heterocycles. The van der Waals surface area contributed by atoms with Crippen LogP contribution in [-0.4, -0.2) is 27.3 Å². The molecule has 4 N–H and O–H groups in total. The van der Waals surface area contributed by atoms with Crippen LogP contribution in [0.4, 0.5) is 5.69 Å². The zero-order valence-electron chi connectivity index (χ0n) is 8.01. The van der Waals surface area contributed by atoms with Crippen LogP contribution in [0.5, 0.6) is 0 Å². The Morgan fingerprint density at radius 2 is 1.86 bits per heavy atom. The Morgan fingerprint density at radius 1 is 1.29 bits per heavy atom. The fourth-order valence-electron chi connectivity index (χ4n) is 1.10. The molecule has 0 spiro atoms. The van der Waals surface area contributed by atoms with E-state index in [4.69, 9.17) is 0 Å². The van der Waals surface area contributed by atoms with Crippen LogP contribution in [0.3, 0.4) is 0 Å². The van der Waals surface area contributed by atoms with Crippen molar-refractivity contribution in [2.24, 2.45) is 0 Å². The van der Waals surface area contributed by atoms with Gasteiger partial charge in [-0.3, -0.25) is 0 Å². The smallest absolute Gasteiger partial charge is 0.271 e. The molecule has 1 aromatic carbocycles. The minimum Gasteiger partial charge on any atom is -0.385 e. The van der Waals surface area contributed by atoms with Gasteiger partial charge in [0.15, 0.2) is 0 Å². The molecule has 0 fully saturated rings. The molecule has 1 rings (SSSR count). The summed E-state index contributed by atoms with van der Waals surface area (Å²) >= 11 is 0. The van der Waals surface area contributed by atoms with Crippen molar-refractivity contribution in [1.82, 2.24) is 0 Å². The van der Waals surface area contributed by atoms with Crippen molar-refractivity contribution in [1.29, 1.82) is 0 Å². The van der Waals surface area contributed by atoms with Crippen molar-refractivity contribution in [3.63, 3.8) is 0 Å². The molecule has 0 bridgehead atoms. The molecule has 1 atom stereocenters. The number of aliphatic hydroxyl groups is 3. The van der Waals surface area contributed by atoms with Crippen LogP contribution in [0.25, 0.3) is 0 Å². The number of hydrogen-bond donors (Lipinski definition) is 4. The quantitative estimate of drug-likeness (QED) is 0.531. The van der Waals surface area contributed by atoms with E-state index >= 15 is 0 Å². The molecule has 0 saturated carbocycles. The fraction of sp³-hybridized carbons (Fsp3) is 0.400. The monoisotopic (exact) mass is 197 g/mol. The lowest BCUT2D eigenvalue weighted by atomic mass is 10.2. The first-order valence-corrected chi connectivity index (χ1v) is 4.52. The predicted molar refractivity (Wildman–Crippen MR) is 53.5 cm³/mol. The predicted octanol–water partition coefficient (Wildman–Crippen LogP) is 0.508. The molecule has 4 nitrogen and oxygen atoms in total. The van der Waals surface area contributed by atoms with E-state index < -0.39 is 12.0 Å². The lowest BCUT2D eigenvalue weighted by Gasteiger charge is -2.28. The summed E-state index contributed by atoms with van der Waals surface area (Å²) < 4.78 is 0. The van der Waals surface area contributed by atoms with Gasteiger partial charge < -0.3 is 20.6 Å². The third-order valence-corrected chi connectivity index (χ3v) is 1.95. The lowest BCUT2D eigenvalue weighted by molar-refractivity contribution is -0.203. The Morgan fingerprint density at radius 3 is 2.36 bits per heavy atom. The molecule has 0 aliphatic carbocycles. The van der Waals surface area contributed by atoms with E-state index in [1.54, 1.807) is 31.2 Å². The van der Waals surface area contributed by atoms with Crippen molar-refractivity contribution in [3.05, 3.63) is 30.3 Å². The summed E-state index contributed by atoms with van der Waals surface area (Å²) in [5.74, 6) is -2.28. The van der Waals surface area contributed by atoms with Gasteiger partial charge in [0.25, 0.3) is 5.91 Å². The minimum absolute atomic E-state index is 0.257. The van der Waals surface area contributed by atoms with Gasteiger partial charge in [0.1, 0.15) is 6.10 Å². The topological polar surface area (TPSA) is 72.7 Å². The second kappa shape index (κ2) is 4.41. The summed E-state index contributed by atoms with van der Waals surface area (Å²) in [4.78, 5) is 0. The summed E-state index contributed by atoms with van der Waals surface area (Å²) in [7, 11) is 0. The van der Waals surface area contributed by atoms with E-state index in [9.17, 15) is 15.3 Å². The van der Waals surface area contributed by atoms with Gasteiger partial charge in [0.2, 0.25) is 0 Å². The normalized spacial score (nSPS) is 13.7. The van der Waals surface area contributed by atoms with Crippen LogP contribution in [0.1, 0.15) is 13.3 Å². The van der Waals surface area contributed by atoms with Gasteiger partial charge in [-0.15, -0.1) is 0 Å². The van der Waals surface area contributed by atoms with Crippen LogP contribution >= 0.6 is 0 Å². The first kappa shape index (κ1) is 11.0. The Balaban J connectivity index is 2.68. The number of hydrogen-bond acceptors (Lipinski definition) is 4. The van der Waals surface area contributed by atoms with E-state index in [-0.39, 0.29) is 6.42 Å². The van der Waals surface area contributed by atoms with Crippen molar-refractivity contribution in [3.8, 4) is 0 Å². The van der Waals surface area contributed by atoms with E-state index in [0.717, 1.165) is 0 Å². The van der Waals surface area contributed by atoms with Crippen molar-refractivity contribution in [2.45, 2.75) is 25.4 Å². The molecule has 78 valence electrons. The summed E-state index contributed by atoms with van der Waals surface area (Å²) in [5.41, 5.74) is 0.546. The van der Waals surface area contributed by atoms with Crippen LogP contribution in [-0.2, 0) is 0 Å². The molecular weight excluding hydrogens is 182 g/mol. The zero-order chi connectivity index (χ0) is 10.6. The van der Waals surface area contributed by atoms with Crippen LogP contribution in [0.2, 0.25) is 0 Å². The molecule has 0 aromatic heterocycles. The minimum atomic E-state index is -2.28. The number of benzene rings is 1.